The molecule has 1 N–H and O–H groups in total. The lowest BCUT2D eigenvalue weighted by atomic mass is 10.1. The zero-order valence-electron chi connectivity index (χ0n) is 12.4. The largest absolute Gasteiger partial charge is 0.321 e. The zero-order valence-corrected chi connectivity index (χ0v) is 13.3. The van der Waals surface area contributed by atoms with Gasteiger partial charge in [0.15, 0.2) is 9.84 Å². The fourth-order valence-corrected chi connectivity index (χ4v) is 2.54. The number of nitrogens with zero attached hydrogens (tertiary/aromatic N) is 1. The van der Waals surface area contributed by atoms with Gasteiger partial charge in [0.1, 0.15) is 0 Å². The molecule has 0 radical (unpaired) electrons. The molecular formula is C15H14N2O5S. The molecule has 0 aliphatic rings. The van der Waals surface area contributed by atoms with Gasteiger partial charge in [0.25, 0.3) is 11.6 Å². The number of nitrogens with one attached hydrogen (secondary N) is 1. The minimum Gasteiger partial charge on any atom is -0.321 e. The number of nitro groups is 1. The Morgan fingerprint density at radius 1 is 1.13 bits per heavy atom. The normalized spacial score (nSPS) is 11.0. The monoisotopic (exact) mass is 334 g/mol. The summed E-state index contributed by atoms with van der Waals surface area (Å²) < 4.78 is 22.8. The topological polar surface area (TPSA) is 106 Å². The average molecular weight is 334 g/mol. The maximum Gasteiger partial charge on any atom is 0.271 e. The smallest absolute Gasteiger partial charge is 0.271 e. The summed E-state index contributed by atoms with van der Waals surface area (Å²) in [5, 5.41) is 13.4. The van der Waals surface area contributed by atoms with Crippen molar-refractivity contribution >= 4 is 27.1 Å². The Hall–Kier alpha value is -2.74. The number of amides is 1. The number of rotatable bonds is 4. The third kappa shape index (κ3) is 3.92. The lowest BCUT2D eigenvalue weighted by Crippen LogP contribution is -2.13. The number of sulfone groups is 1. The SMILES string of the molecule is Cc1ccc([N+](=O)[O-])cc1NC(=O)c1ccc(S(C)(=O)=O)cc1. The van der Waals surface area contributed by atoms with Crippen molar-refractivity contribution in [1.82, 2.24) is 0 Å². The Balaban J connectivity index is 2.26. The van der Waals surface area contributed by atoms with Crippen molar-refractivity contribution in [3.8, 4) is 0 Å². The molecule has 0 aromatic heterocycles. The summed E-state index contributed by atoms with van der Waals surface area (Å²) in [5.74, 6) is -0.478. The summed E-state index contributed by atoms with van der Waals surface area (Å²) in [6, 6.07) is 9.62. The van der Waals surface area contributed by atoms with Gasteiger partial charge in [-0.3, -0.25) is 14.9 Å². The van der Waals surface area contributed by atoms with Crippen LogP contribution in [0.1, 0.15) is 15.9 Å². The Kier molecular flexibility index (Phi) is 4.46. The number of hydrogen-bond donors (Lipinski definition) is 1. The average Bonchev–Trinajstić information content (AvgIpc) is 2.48. The number of hydrogen-bond acceptors (Lipinski definition) is 5. The number of carbonyl (C=O) groups excluding carboxylic acids is 1. The molecule has 2 rings (SSSR count). The van der Waals surface area contributed by atoms with Gasteiger partial charge in [0, 0.05) is 24.0 Å². The summed E-state index contributed by atoms with van der Waals surface area (Å²) in [4.78, 5) is 22.5. The molecular weight excluding hydrogens is 320 g/mol. The molecule has 120 valence electrons. The first-order valence-corrected chi connectivity index (χ1v) is 8.44. The highest BCUT2D eigenvalue weighted by molar-refractivity contribution is 7.90. The van der Waals surface area contributed by atoms with Crippen LogP contribution in [-0.4, -0.2) is 25.5 Å². The van der Waals surface area contributed by atoms with Crippen molar-refractivity contribution in [2.45, 2.75) is 11.8 Å². The molecule has 0 aliphatic heterocycles. The van der Waals surface area contributed by atoms with Crippen LogP contribution in [0, 0.1) is 17.0 Å². The number of nitro benzene ring substituents is 1. The highest BCUT2D eigenvalue weighted by Gasteiger charge is 2.13. The van der Waals surface area contributed by atoms with Gasteiger partial charge in [-0.05, 0) is 36.8 Å². The molecule has 1 amide bonds. The molecule has 0 spiro atoms. The van der Waals surface area contributed by atoms with Crippen LogP contribution in [0.5, 0.6) is 0 Å². The van der Waals surface area contributed by atoms with E-state index in [0.717, 1.165) is 6.26 Å². The van der Waals surface area contributed by atoms with E-state index >= 15 is 0 Å². The molecule has 8 heteroatoms. The van der Waals surface area contributed by atoms with Crippen molar-refractivity contribution in [3.05, 3.63) is 63.7 Å². The molecule has 0 saturated heterocycles. The fourth-order valence-electron chi connectivity index (χ4n) is 1.91. The van der Waals surface area contributed by atoms with Gasteiger partial charge in [-0.15, -0.1) is 0 Å². The van der Waals surface area contributed by atoms with E-state index in [1.165, 1.54) is 36.4 Å². The van der Waals surface area contributed by atoms with Crippen molar-refractivity contribution in [1.29, 1.82) is 0 Å². The van der Waals surface area contributed by atoms with Crippen LogP contribution in [0.25, 0.3) is 0 Å². The molecule has 0 atom stereocenters. The van der Waals surface area contributed by atoms with E-state index in [9.17, 15) is 23.3 Å². The lowest BCUT2D eigenvalue weighted by molar-refractivity contribution is -0.384. The zero-order chi connectivity index (χ0) is 17.2. The first-order chi connectivity index (χ1) is 10.7. The summed E-state index contributed by atoms with van der Waals surface area (Å²) in [6.07, 6.45) is 1.08. The Morgan fingerprint density at radius 3 is 2.26 bits per heavy atom. The van der Waals surface area contributed by atoms with Crippen LogP contribution in [0.15, 0.2) is 47.4 Å². The number of carbonyl (C=O) groups is 1. The third-order valence-corrected chi connectivity index (χ3v) is 4.35. The molecule has 0 heterocycles. The minimum absolute atomic E-state index is 0.112. The maximum atomic E-state index is 12.2. The molecule has 23 heavy (non-hydrogen) atoms. The van der Waals surface area contributed by atoms with Crippen LogP contribution in [0.4, 0.5) is 11.4 Å². The minimum atomic E-state index is -3.33. The second-order valence-corrected chi connectivity index (χ2v) is 7.02. The third-order valence-electron chi connectivity index (χ3n) is 3.22. The number of anilines is 1. The molecule has 0 aliphatic carbocycles. The molecule has 0 fully saturated rings. The maximum absolute atomic E-state index is 12.2. The van der Waals surface area contributed by atoms with Gasteiger partial charge in [-0.25, -0.2) is 8.42 Å². The molecule has 0 unspecified atom stereocenters. The van der Waals surface area contributed by atoms with Crippen LogP contribution in [0.3, 0.4) is 0 Å². The molecule has 7 nitrogen and oxygen atoms in total. The molecule has 2 aromatic carbocycles. The van der Waals surface area contributed by atoms with Gasteiger partial charge in [0.2, 0.25) is 0 Å². The van der Waals surface area contributed by atoms with Gasteiger partial charge < -0.3 is 5.32 Å². The second kappa shape index (κ2) is 6.17. The van der Waals surface area contributed by atoms with E-state index in [4.69, 9.17) is 0 Å². The summed E-state index contributed by atoms with van der Waals surface area (Å²) in [6.45, 7) is 1.71. The number of aryl methyl sites for hydroxylation is 1. The lowest BCUT2D eigenvalue weighted by Gasteiger charge is -2.08. The highest BCUT2D eigenvalue weighted by atomic mass is 32.2. The Morgan fingerprint density at radius 2 is 1.74 bits per heavy atom. The van der Waals surface area contributed by atoms with E-state index in [2.05, 4.69) is 5.32 Å². The summed E-state index contributed by atoms with van der Waals surface area (Å²) >= 11 is 0. The number of non-ortho nitro benzene ring substituents is 1. The van der Waals surface area contributed by atoms with Crippen molar-refractivity contribution < 1.29 is 18.1 Å². The predicted octanol–water partition coefficient (Wildman–Crippen LogP) is 2.56. The first-order valence-electron chi connectivity index (χ1n) is 6.55. The van der Waals surface area contributed by atoms with Crippen LogP contribution in [0.2, 0.25) is 0 Å². The van der Waals surface area contributed by atoms with Crippen molar-refractivity contribution in [3.63, 3.8) is 0 Å². The van der Waals surface area contributed by atoms with E-state index in [0.29, 0.717) is 11.3 Å². The van der Waals surface area contributed by atoms with E-state index in [-0.39, 0.29) is 16.1 Å². The molecule has 0 saturated carbocycles. The van der Waals surface area contributed by atoms with Gasteiger partial charge in [-0.2, -0.15) is 0 Å². The van der Waals surface area contributed by atoms with E-state index in [1.807, 2.05) is 0 Å². The molecule has 0 bridgehead atoms. The summed E-state index contributed by atoms with van der Waals surface area (Å²) in [5.41, 5.74) is 1.13. The quantitative estimate of drug-likeness (QED) is 0.683. The first kappa shape index (κ1) is 16.6. The van der Waals surface area contributed by atoms with Gasteiger partial charge in [-0.1, -0.05) is 6.07 Å². The van der Waals surface area contributed by atoms with Crippen LogP contribution in [-0.2, 0) is 9.84 Å². The van der Waals surface area contributed by atoms with E-state index < -0.39 is 20.7 Å². The molecule has 2 aromatic rings. The second-order valence-electron chi connectivity index (χ2n) is 5.01. The van der Waals surface area contributed by atoms with Crippen LogP contribution >= 0.6 is 0 Å². The van der Waals surface area contributed by atoms with Gasteiger partial charge >= 0.3 is 0 Å². The van der Waals surface area contributed by atoms with Crippen molar-refractivity contribution in [2.75, 3.05) is 11.6 Å². The van der Waals surface area contributed by atoms with Crippen LogP contribution < -0.4 is 5.32 Å². The predicted molar refractivity (Wildman–Crippen MR) is 85.3 cm³/mol. The van der Waals surface area contributed by atoms with Crippen molar-refractivity contribution in [2.24, 2.45) is 0 Å². The Labute approximate surface area is 133 Å². The number of benzene rings is 2. The van der Waals surface area contributed by atoms with Gasteiger partial charge in [0.05, 0.1) is 15.5 Å². The standard InChI is InChI=1S/C15H14N2O5S/c1-10-3-6-12(17(19)20)9-14(10)16-15(18)11-4-7-13(8-5-11)23(2,21)22/h3-9H,1-2H3,(H,16,18). The summed E-state index contributed by atoms with van der Waals surface area (Å²) in [7, 11) is -3.33. The Bertz CT molecular complexity index is 873. The highest BCUT2D eigenvalue weighted by Crippen LogP contribution is 2.22. The van der Waals surface area contributed by atoms with E-state index in [1.54, 1.807) is 13.0 Å². The fraction of sp³-hybridized carbons (Fsp3) is 0.133.